The third-order valence-corrected chi connectivity index (χ3v) is 6.23. The fraction of sp³-hybridized carbons (Fsp3) is 0.278. The fourth-order valence-electron chi connectivity index (χ4n) is 2.94. The van der Waals surface area contributed by atoms with Crippen LogP contribution >= 0.6 is 0 Å². The molecule has 1 aliphatic heterocycles. The molecule has 2 aromatic rings. The Kier molecular flexibility index (Phi) is 5.15. The van der Waals surface area contributed by atoms with Gasteiger partial charge in [-0.3, -0.25) is 4.79 Å². The molecule has 1 heterocycles. The van der Waals surface area contributed by atoms with E-state index in [4.69, 9.17) is 4.74 Å². The van der Waals surface area contributed by atoms with E-state index >= 15 is 0 Å². The smallest absolute Gasteiger partial charge is 0.243 e. The van der Waals surface area contributed by atoms with Crippen LogP contribution in [0.2, 0.25) is 0 Å². The Morgan fingerprint density at radius 2 is 1.81 bits per heavy atom. The molecule has 0 aromatic heterocycles. The highest BCUT2D eigenvalue weighted by Gasteiger charge is 2.39. The second-order valence-electron chi connectivity index (χ2n) is 5.99. The summed E-state index contributed by atoms with van der Waals surface area (Å²) >= 11 is 0. The van der Waals surface area contributed by atoms with E-state index in [1.807, 2.05) is 0 Å². The number of carbonyl (C=O) groups is 1. The van der Waals surface area contributed by atoms with Crippen LogP contribution in [0.25, 0.3) is 0 Å². The van der Waals surface area contributed by atoms with Crippen LogP contribution in [0, 0.1) is 0 Å². The monoisotopic (exact) mass is 376 g/mol. The Morgan fingerprint density at radius 3 is 2.42 bits per heavy atom. The van der Waals surface area contributed by atoms with Crippen molar-refractivity contribution >= 4 is 21.6 Å². The van der Waals surface area contributed by atoms with E-state index in [2.05, 4.69) is 5.32 Å². The zero-order valence-electron chi connectivity index (χ0n) is 14.3. The first kappa shape index (κ1) is 18.2. The molecular weight excluding hydrogens is 356 g/mol. The van der Waals surface area contributed by atoms with Gasteiger partial charge in [0.1, 0.15) is 17.5 Å². The molecular formula is C18H20N2O5S. The molecule has 0 aliphatic carbocycles. The van der Waals surface area contributed by atoms with Gasteiger partial charge in [-0.1, -0.05) is 0 Å². The number of phenols is 1. The van der Waals surface area contributed by atoms with E-state index in [0.29, 0.717) is 30.8 Å². The Morgan fingerprint density at radius 1 is 1.15 bits per heavy atom. The fourth-order valence-corrected chi connectivity index (χ4v) is 4.60. The molecule has 8 heteroatoms. The van der Waals surface area contributed by atoms with Gasteiger partial charge in [-0.15, -0.1) is 0 Å². The van der Waals surface area contributed by atoms with Crippen LogP contribution in [0.4, 0.5) is 5.69 Å². The summed E-state index contributed by atoms with van der Waals surface area (Å²) in [6, 6.07) is 11.4. The maximum absolute atomic E-state index is 12.9. The van der Waals surface area contributed by atoms with Crippen LogP contribution in [0.5, 0.6) is 11.5 Å². The number of hydrogen-bond acceptors (Lipinski definition) is 5. The Labute approximate surface area is 152 Å². The highest BCUT2D eigenvalue weighted by Crippen LogP contribution is 2.28. The second-order valence-corrected chi connectivity index (χ2v) is 7.88. The van der Waals surface area contributed by atoms with Crippen LogP contribution in [0.15, 0.2) is 53.4 Å². The highest BCUT2D eigenvalue weighted by atomic mass is 32.2. The number of carbonyl (C=O) groups excluding carboxylic acids is 1. The standard InChI is InChI=1S/C18H20N2O5S/c1-25-15-8-10-16(11-9-15)26(23,24)20-12-2-3-17(20)18(22)19-13-4-6-14(21)7-5-13/h4-11,17,21H,2-3,12H2,1H3,(H,19,22)/t17-/m0/s1. The molecule has 0 radical (unpaired) electrons. The maximum atomic E-state index is 12.9. The van der Waals surface area contributed by atoms with Crippen molar-refractivity contribution in [3.63, 3.8) is 0 Å². The van der Waals surface area contributed by atoms with Gasteiger partial charge >= 0.3 is 0 Å². The highest BCUT2D eigenvalue weighted by molar-refractivity contribution is 7.89. The predicted molar refractivity (Wildman–Crippen MR) is 96.6 cm³/mol. The molecule has 1 aliphatic rings. The first-order chi connectivity index (χ1) is 12.4. The summed E-state index contributed by atoms with van der Waals surface area (Å²) in [4.78, 5) is 12.7. The molecule has 2 aromatic carbocycles. The van der Waals surface area contributed by atoms with Gasteiger partial charge in [-0.25, -0.2) is 8.42 Å². The van der Waals surface area contributed by atoms with Crippen LogP contribution in [-0.4, -0.2) is 43.4 Å². The summed E-state index contributed by atoms with van der Waals surface area (Å²) < 4.78 is 32.1. The third-order valence-electron chi connectivity index (χ3n) is 4.31. The molecule has 2 N–H and O–H groups in total. The molecule has 1 fully saturated rings. The largest absolute Gasteiger partial charge is 0.508 e. The molecule has 3 rings (SSSR count). The van der Waals surface area contributed by atoms with Crippen molar-refractivity contribution in [2.75, 3.05) is 19.0 Å². The van der Waals surface area contributed by atoms with Crippen molar-refractivity contribution in [3.8, 4) is 11.5 Å². The number of nitrogens with one attached hydrogen (secondary N) is 1. The number of rotatable bonds is 5. The van der Waals surface area contributed by atoms with Gasteiger partial charge in [-0.2, -0.15) is 4.31 Å². The van der Waals surface area contributed by atoms with E-state index in [1.54, 1.807) is 24.3 Å². The number of methoxy groups -OCH3 is 1. The molecule has 1 amide bonds. The van der Waals surface area contributed by atoms with Crippen molar-refractivity contribution in [1.82, 2.24) is 4.31 Å². The number of phenolic OH excluding ortho intramolecular Hbond substituents is 1. The average molecular weight is 376 g/mol. The molecule has 26 heavy (non-hydrogen) atoms. The zero-order chi connectivity index (χ0) is 18.7. The van der Waals surface area contributed by atoms with E-state index in [0.717, 1.165) is 0 Å². The van der Waals surface area contributed by atoms with Gasteiger partial charge in [0, 0.05) is 12.2 Å². The van der Waals surface area contributed by atoms with E-state index in [-0.39, 0.29) is 16.6 Å². The number of sulfonamides is 1. The van der Waals surface area contributed by atoms with Gasteiger partial charge in [0.15, 0.2) is 0 Å². The number of hydrogen-bond donors (Lipinski definition) is 2. The lowest BCUT2D eigenvalue weighted by atomic mass is 10.2. The topological polar surface area (TPSA) is 95.9 Å². The van der Waals surface area contributed by atoms with E-state index < -0.39 is 16.1 Å². The lowest BCUT2D eigenvalue weighted by molar-refractivity contribution is -0.119. The number of amides is 1. The number of aromatic hydroxyl groups is 1. The molecule has 0 unspecified atom stereocenters. The van der Waals surface area contributed by atoms with Crippen molar-refractivity contribution in [3.05, 3.63) is 48.5 Å². The van der Waals surface area contributed by atoms with Crippen molar-refractivity contribution in [2.24, 2.45) is 0 Å². The summed E-state index contributed by atoms with van der Waals surface area (Å²) in [5.74, 6) is 0.268. The van der Waals surface area contributed by atoms with Crippen LogP contribution in [0.3, 0.4) is 0 Å². The summed E-state index contributed by atoms with van der Waals surface area (Å²) in [6.07, 6.45) is 1.07. The van der Waals surface area contributed by atoms with Gasteiger partial charge in [-0.05, 0) is 61.4 Å². The normalized spacial score (nSPS) is 17.8. The predicted octanol–water partition coefficient (Wildman–Crippen LogP) is 2.19. The van der Waals surface area contributed by atoms with Crippen molar-refractivity contribution < 1.29 is 23.1 Å². The summed E-state index contributed by atoms with van der Waals surface area (Å²) in [7, 11) is -2.27. The Hall–Kier alpha value is -2.58. The molecule has 1 atom stereocenters. The zero-order valence-corrected chi connectivity index (χ0v) is 15.1. The first-order valence-corrected chi connectivity index (χ1v) is 9.61. The molecule has 138 valence electrons. The van der Waals surface area contributed by atoms with E-state index in [1.165, 1.54) is 35.7 Å². The average Bonchev–Trinajstić information content (AvgIpc) is 3.14. The summed E-state index contributed by atoms with van der Waals surface area (Å²) in [5.41, 5.74) is 0.501. The second kappa shape index (κ2) is 7.35. The first-order valence-electron chi connectivity index (χ1n) is 8.17. The SMILES string of the molecule is COc1ccc(S(=O)(=O)N2CCC[C@H]2C(=O)Nc2ccc(O)cc2)cc1. The molecule has 7 nitrogen and oxygen atoms in total. The number of ether oxygens (including phenoxy) is 1. The number of benzene rings is 2. The lowest BCUT2D eigenvalue weighted by Crippen LogP contribution is -2.43. The van der Waals surface area contributed by atoms with Crippen LogP contribution in [-0.2, 0) is 14.8 Å². The van der Waals surface area contributed by atoms with E-state index in [9.17, 15) is 18.3 Å². The van der Waals surface area contributed by atoms with Gasteiger partial charge in [0.2, 0.25) is 15.9 Å². The van der Waals surface area contributed by atoms with Gasteiger partial charge in [0.05, 0.1) is 12.0 Å². The number of anilines is 1. The minimum atomic E-state index is -3.78. The number of nitrogens with zero attached hydrogens (tertiary/aromatic N) is 1. The van der Waals surface area contributed by atoms with Gasteiger partial charge in [0.25, 0.3) is 0 Å². The van der Waals surface area contributed by atoms with Crippen molar-refractivity contribution in [2.45, 2.75) is 23.8 Å². The molecule has 1 saturated heterocycles. The summed E-state index contributed by atoms with van der Waals surface area (Å²) in [5, 5.41) is 12.0. The third kappa shape index (κ3) is 3.66. The van der Waals surface area contributed by atoms with Gasteiger partial charge < -0.3 is 15.2 Å². The maximum Gasteiger partial charge on any atom is 0.243 e. The lowest BCUT2D eigenvalue weighted by Gasteiger charge is -2.23. The Bertz CT molecular complexity index is 879. The minimum Gasteiger partial charge on any atom is -0.508 e. The Balaban J connectivity index is 1.79. The molecule has 0 saturated carbocycles. The van der Waals surface area contributed by atoms with Crippen LogP contribution < -0.4 is 10.1 Å². The minimum absolute atomic E-state index is 0.0903. The van der Waals surface area contributed by atoms with Crippen LogP contribution in [0.1, 0.15) is 12.8 Å². The quantitative estimate of drug-likeness (QED) is 0.780. The molecule has 0 spiro atoms. The molecule has 0 bridgehead atoms. The summed E-state index contributed by atoms with van der Waals surface area (Å²) in [6.45, 7) is 0.294. The van der Waals surface area contributed by atoms with Crippen molar-refractivity contribution in [1.29, 1.82) is 0 Å².